The molecule has 0 aliphatic carbocycles. The quantitative estimate of drug-likeness (QED) is 0.775. The summed E-state index contributed by atoms with van der Waals surface area (Å²) in [5, 5.41) is 3.01. The van der Waals surface area contributed by atoms with Crippen molar-refractivity contribution < 1.29 is 13.9 Å². The van der Waals surface area contributed by atoms with Crippen LogP contribution in [0.15, 0.2) is 24.3 Å². The molecule has 0 aliphatic heterocycles. The third-order valence-electron chi connectivity index (χ3n) is 1.90. The van der Waals surface area contributed by atoms with E-state index in [1.165, 1.54) is 12.1 Å². The van der Waals surface area contributed by atoms with Crippen molar-refractivity contribution in [1.82, 2.24) is 5.32 Å². The minimum absolute atomic E-state index is 0.0644. The number of rotatable bonds is 6. The van der Waals surface area contributed by atoms with Crippen molar-refractivity contribution in [1.29, 1.82) is 0 Å². The van der Waals surface area contributed by atoms with Gasteiger partial charge in [0.15, 0.2) is 0 Å². The van der Waals surface area contributed by atoms with Gasteiger partial charge in [-0.2, -0.15) is 0 Å². The molecule has 4 heteroatoms. The second kappa shape index (κ2) is 6.37. The molecule has 1 atom stereocenters. The smallest absolute Gasteiger partial charge is 0.134 e. The monoisotopic (exact) mass is 213 g/mol. The number of ether oxygens (including phenoxy) is 2. The van der Waals surface area contributed by atoms with Gasteiger partial charge in [-0.3, -0.25) is 0 Å². The molecule has 1 aromatic carbocycles. The summed E-state index contributed by atoms with van der Waals surface area (Å²) < 4.78 is 23.2. The van der Waals surface area contributed by atoms with Gasteiger partial charge in [-0.1, -0.05) is 0 Å². The molecule has 84 valence electrons. The number of methoxy groups -OCH3 is 1. The summed E-state index contributed by atoms with van der Waals surface area (Å²) in [6.45, 7) is 1.18. The zero-order valence-corrected chi connectivity index (χ0v) is 9.00. The predicted molar refractivity (Wildman–Crippen MR) is 56.6 cm³/mol. The maximum absolute atomic E-state index is 12.6. The fourth-order valence-electron chi connectivity index (χ4n) is 1.25. The zero-order chi connectivity index (χ0) is 11.1. The van der Waals surface area contributed by atoms with Gasteiger partial charge in [0, 0.05) is 13.7 Å². The highest BCUT2D eigenvalue weighted by molar-refractivity contribution is 5.22. The molecule has 0 bridgehead atoms. The van der Waals surface area contributed by atoms with E-state index in [4.69, 9.17) is 9.47 Å². The van der Waals surface area contributed by atoms with Crippen molar-refractivity contribution in [3.8, 4) is 5.75 Å². The van der Waals surface area contributed by atoms with E-state index < -0.39 is 0 Å². The highest BCUT2D eigenvalue weighted by atomic mass is 19.1. The van der Waals surface area contributed by atoms with Gasteiger partial charge in [-0.15, -0.1) is 0 Å². The zero-order valence-electron chi connectivity index (χ0n) is 9.00. The Bertz CT molecular complexity index is 270. The highest BCUT2D eigenvalue weighted by Crippen LogP contribution is 2.12. The Morgan fingerprint density at radius 1 is 1.33 bits per heavy atom. The van der Waals surface area contributed by atoms with Gasteiger partial charge >= 0.3 is 0 Å². The van der Waals surface area contributed by atoms with Crippen LogP contribution in [0.1, 0.15) is 0 Å². The van der Waals surface area contributed by atoms with Crippen LogP contribution in [-0.2, 0) is 4.74 Å². The predicted octanol–water partition coefficient (Wildman–Crippen LogP) is 1.44. The molecule has 0 aromatic heterocycles. The molecule has 1 aromatic rings. The molecular weight excluding hydrogens is 197 g/mol. The van der Waals surface area contributed by atoms with Gasteiger partial charge in [0.25, 0.3) is 0 Å². The van der Waals surface area contributed by atoms with Crippen molar-refractivity contribution >= 4 is 0 Å². The van der Waals surface area contributed by atoms with Crippen LogP contribution >= 0.6 is 0 Å². The first-order valence-corrected chi connectivity index (χ1v) is 4.82. The van der Waals surface area contributed by atoms with Gasteiger partial charge < -0.3 is 14.8 Å². The van der Waals surface area contributed by atoms with E-state index in [1.807, 2.05) is 7.05 Å². The van der Waals surface area contributed by atoms with Gasteiger partial charge in [-0.05, 0) is 31.3 Å². The minimum Gasteiger partial charge on any atom is -0.487 e. The summed E-state index contributed by atoms with van der Waals surface area (Å²) in [6.07, 6.45) is -0.0644. The van der Waals surface area contributed by atoms with Gasteiger partial charge in [0.05, 0.1) is 6.61 Å². The molecule has 0 radical (unpaired) electrons. The molecule has 1 rings (SSSR count). The fraction of sp³-hybridized carbons (Fsp3) is 0.455. The third kappa shape index (κ3) is 4.27. The van der Waals surface area contributed by atoms with Gasteiger partial charge in [0.2, 0.25) is 0 Å². The summed E-state index contributed by atoms with van der Waals surface area (Å²) in [4.78, 5) is 0. The molecule has 0 aliphatic rings. The van der Waals surface area contributed by atoms with Gasteiger partial charge in [-0.25, -0.2) is 4.39 Å². The van der Waals surface area contributed by atoms with Crippen LogP contribution in [-0.4, -0.2) is 33.4 Å². The molecule has 0 amide bonds. The molecule has 1 unspecified atom stereocenters. The lowest BCUT2D eigenvalue weighted by Crippen LogP contribution is -2.33. The van der Waals surface area contributed by atoms with Crippen LogP contribution in [0.25, 0.3) is 0 Å². The second-order valence-corrected chi connectivity index (χ2v) is 3.21. The lowest BCUT2D eigenvalue weighted by Gasteiger charge is -2.17. The third-order valence-corrected chi connectivity index (χ3v) is 1.90. The van der Waals surface area contributed by atoms with E-state index >= 15 is 0 Å². The standard InChI is InChI=1S/C11H16FNO2/c1-13-7-11(8-14-2)15-10-5-3-9(12)4-6-10/h3-6,11,13H,7-8H2,1-2H3. The van der Waals surface area contributed by atoms with Crippen LogP contribution in [0.4, 0.5) is 4.39 Å². The average molecular weight is 213 g/mol. The number of hydrogen-bond acceptors (Lipinski definition) is 3. The molecule has 0 heterocycles. The first-order chi connectivity index (χ1) is 7.26. The lowest BCUT2D eigenvalue weighted by atomic mass is 10.3. The van der Waals surface area contributed by atoms with Crippen LogP contribution in [0.5, 0.6) is 5.75 Å². The number of halogens is 1. The van der Waals surface area contributed by atoms with E-state index in [0.29, 0.717) is 18.9 Å². The topological polar surface area (TPSA) is 30.5 Å². The van der Waals surface area contributed by atoms with Crippen LogP contribution in [0.3, 0.4) is 0 Å². The number of benzene rings is 1. The normalized spacial score (nSPS) is 12.5. The molecule has 0 saturated heterocycles. The Hall–Kier alpha value is -1.13. The van der Waals surface area contributed by atoms with Crippen molar-refractivity contribution in [2.24, 2.45) is 0 Å². The Balaban J connectivity index is 2.53. The van der Waals surface area contributed by atoms with E-state index in [1.54, 1.807) is 19.2 Å². The maximum Gasteiger partial charge on any atom is 0.134 e. The summed E-state index contributed by atoms with van der Waals surface area (Å²) in [6, 6.07) is 5.96. The second-order valence-electron chi connectivity index (χ2n) is 3.21. The SMILES string of the molecule is CNCC(COC)Oc1ccc(F)cc1. The van der Waals surface area contributed by atoms with Crippen LogP contribution < -0.4 is 10.1 Å². The lowest BCUT2D eigenvalue weighted by molar-refractivity contribution is 0.0818. The highest BCUT2D eigenvalue weighted by Gasteiger charge is 2.08. The van der Waals surface area contributed by atoms with E-state index in [9.17, 15) is 4.39 Å². The Morgan fingerprint density at radius 2 is 2.00 bits per heavy atom. The largest absolute Gasteiger partial charge is 0.487 e. The van der Waals surface area contributed by atoms with Crippen molar-refractivity contribution in [2.75, 3.05) is 27.3 Å². The number of likely N-dealkylation sites (N-methyl/N-ethyl adjacent to an activating group) is 1. The minimum atomic E-state index is -0.265. The van der Waals surface area contributed by atoms with E-state index in [2.05, 4.69) is 5.32 Å². The molecule has 0 spiro atoms. The van der Waals surface area contributed by atoms with E-state index in [0.717, 1.165) is 0 Å². The molecule has 0 saturated carbocycles. The Labute approximate surface area is 89.2 Å². The number of nitrogens with one attached hydrogen (secondary N) is 1. The van der Waals surface area contributed by atoms with Crippen molar-refractivity contribution in [2.45, 2.75) is 6.10 Å². The van der Waals surface area contributed by atoms with Crippen LogP contribution in [0, 0.1) is 5.82 Å². The maximum atomic E-state index is 12.6. The fourth-order valence-corrected chi connectivity index (χ4v) is 1.25. The molecule has 3 nitrogen and oxygen atoms in total. The number of hydrogen-bond donors (Lipinski definition) is 1. The molecule has 0 fully saturated rings. The molecule has 1 N–H and O–H groups in total. The summed E-state index contributed by atoms with van der Waals surface area (Å²) in [5.74, 6) is 0.382. The molecule has 15 heavy (non-hydrogen) atoms. The molecular formula is C11H16FNO2. The van der Waals surface area contributed by atoms with Crippen LogP contribution in [0.2, 0.25) is 0 Å². The van der Waals surface area contributed by atoms with E-state index in [-0.39, 0.29) is 11.9 Å². The first-order valence-electron chi connectivity index (χ1n) is 4.82. The summed E-state index contributed by atoms with van der Waals surface area (Å²) in [5.41, 5.74) is 0. The first kappa shape index (κ1) is 11.9. The summed E-state index contributed by atoms with van der Waals surface area (Å²) >= 11 is 0. The van der Waals surface area contributed by atoms with Gasteiger partial charge in [0.1, 0.15) is 17.7 Å². The Morgan fingerprint density at radius 3 is 2.53 bits per heavy atom. The average Bonchev–Trinajstić information content (AvgIpc) is 2.22. The van der Waals surface area contributed by atoms with Crippen molar-refractivity contribution in [3.63, 3.8) is 0 Å². The Kier molecular flexibility index (Phi) is 5.07. The summed E-state index contributed by atoms with van der Waals surface area (Å²) in [7, 11) is 3.47. The van der Waals surface area contributed by atoms with Crippen molar-refractivity contribution in [3.05, 3.63) is 30.1 Å².